The zero-order valence-corrected chi connectivity index (χ0v) is 22.7. The first kappa shape index (κ1) is 27.9. The molecule has 4 saturated heterocycles. The van der Waals surface area contributed by atoms with Gasteiger partial charge in [-0.15, -0.1) is 0 Å². The average molecular weight is 585 g/mol. The molecule has 0 spiro atoms. The van der Waals surface area contributed by atoms with Gasteiger partial charge in [-0.1, -0.05) is 36.4 Å². The number of benzene rings is 2. The molecule has 4 N–H and O–H groups in total. The molecule has 7 fully saturated rings. The van der Waals surface area contributed by atoms with E-state index in [1.165, 1.54) is 0 Å². The largest absolute Gasteiger partial charge is 0.461 e. The monoisotopic (exact) mass is 584 g/mol. The summed E-state index contributed by atoms with van der Waals surface area (Å²) in [7, 11) is 0. The van der Waals surface area contributed by atoms with Gasteiger partial charge in [-0.25, -0.2) is 9.59 Å². The van der Waals surface area contributed by atoms with Gasteiger partial charge < -0.3 is 48.8 Å². The molecule has 9 rings (SSSR count). The van der Waals surface area contributed by atoms with Crippen LogP contribution in [0.15, 0.2) is 60.7 Å². The average Bonchev–Trinajstić information content (AvgIpc) is 3.18. The van der Waals surface area contributed by atoms with Crippen molar-refractivity contribution in [3.63, 3.8) is 0 Å². The maximum atomic E-state index is 12.9. The van der Waals surface area contributed by atoms with Gasteiger partial charge >= 0.3 is 11.9 Å². The lowest BCUT2D eigenvalue weighted by atomic mass is 9.41. The Labute approximate surface area is 240 Å². The van der Waals surface area contributed by atoms with Crippen LogP contribution in [0.5, 0.6) is 0 Å². The molecule has 42 heavy (non-hydrogen) atoms. The molecular weight excluding hydrogens is 552 g/mol. The number of hydrogen-bond donors (Lipinski definition) is 4. The second-order valence-corrected chi connectivity index (χ2v) is 12.0. The van der Waals surface area contributed by atoms with Crippen LogP contribution in [0.3, 0.4) is 0 Å². The summed E-state index contributed by atoms with van der Waals surface area (Å²) >= 11 is 0. The van der Waals surface area contributed by atoms with Crippen LogP contribution in [0, 0.1) is 11.3 Å². The Morgan fingerprint density at radius 3 is 2.14 bits per heavy atom. The Bertz CT molecular complexity index is 1370. The highest BCUT2D eigenvalue weighted by atomic mass is 16.8. The van der Waals surface area contributed by atoms with E-state index in [1.54, 1.807) is 67.6 Å². The Kier molecular flexibility index (Phi) is 6.32. The molecular formula is C30H32O12. The van der Waals surface area contributed by atoms with E-state index in [0.717, 1.165) is 0 Å². The number of carbonyl (C=O) groups excluding carboxylic acids is 2. The quantitative estimate of drug-likeness (QED) is 0.318. The lowest BCUT2D eigenvalue weighted by Gasteiger charge is -2.67. The maximum Gasteiger partial charge on any atom is 0.338 e. The standard InChI is InChI=1S/C30H32O12/c1-27-14-29(36)19-12-30(27,28(19,26(41-27)42-29)15-38-24(35)17-10-6-3-7-11-17)40-25-22(33)21(32)20(31)18(39-25)13-37-23(34)16-8-4-2-5-9-16/h2-11,18-22,25-26,31-33,36H,12-15H2,1H3/t18?,19-,20-,21+,22?,25+,26?,27+,28?,29-,30+/m1/s1. The molecule has 6 bridgehead atoms. The summed E-state index contributed by atoms with van der Waals surface area (Å²) in [5.41, 5.74) is -2.88. The molecule has 0 radical (unpaired) electrons. The first-order chi connectivity index (χ1) is 20.0. The van der Waals surface area contributed by atoms with Crippen LogP contribution in [0.1, 0.15) is 40.5 Å². The van der Waals surface area contributed by atoms with Crippen LogP contribution in [0.25, 0.3) is 0 Å². The van der Waals surface area contributed by atoms with Gasteiger partial charge in [-0.3, -0.25) is 0 Å². The van der Waals surface area contributed by atoms with E-state index in [-0.39, 0.29) is 19.4 Å². The topological polar surface area (TPSA) is 170 Å². The van der Waals surface area contributed by atoms with Crippen LogP contribution in [-0.4, -0.2) is 99.6 Å². The van der Waals surface area contributed by atoms with Crippen molar-refractivity contribution in [1.82, 2.24) is 0 Å². The summed E-state index contributed by atoms with van der Waals surface area (Å²) in [5.74, 6) is -3.25. The zero-order valence-electron chi connectivity index (χ0n) is 22.7. The molecule has 2 aromatic rings. The zero-order chi connectivity index (χ0) is 29.5. The summed E-state index contributed by atoms with van der Waals surface area (Å²) in [6.07, 6.45) is -8.34. The van der Waals surface area contributed by atoms with Crippen molar-refractivity contribution in [2.75, 3.05) is 13.2 Å². The number of carbonyl (C=O) groups is 2. The van der Waals surface area contributed by atoms with Gasteiger partial charge in [0.25, 0.3) is 0 Å². The normalized spacial score (nSPS) is 44.5. The van der Waals surface area contributed by atoms with Crippen LogP contribution >= 0.6 is 0 Å². The molecule has 11 atom stereocenters. The molecule has 4 aliphatic heterocycles. The van der Waals surface area contributed by atoms with Crippen molar-refractivity contribution in [2.24, 2.45) is 11.3 Å². The van der Waals surface area contributed by atoms with Crippen LogP contribution in [0.4, 0.5) is 0 Å². The third-order valence-electron chi connectivity index (χ3n) is 9.78. The molecule has 7 aliphatic rings. The highest BCUT2D eigenvalue weighted by Crippen LogP contribution is 2.81. The Morgan fingerprint density at radius 2 is 1.50 bits per heavy atom. The van der Waals surface area contributed by atoms with Crippen molar-refractivity contribution >= 4 is 11.9 Å². The molecule has 12 nitrogen and oxygen atoms in total. The summed E-state index contributed by atoms with van der Waals surface area (Å²) in [6, 6.07) is 16.7. The fourth-order valence-electron chi connectivity index (χ4n) is 7.68. The highest BCUT2D eigenvalue weighted by molar-refractivity contribution is 5.89. The van der Waals surface area contributed by atoms with Gasteiger partial charge in [-0.2, -0.15) is 0 Å². The predicted molar refractivity (Wildman–Crippen MR) is 138 cm³/mol. The molecule has 3 saturated carbocycles. The van der Waals surface area contributed by atoms with Crippen molar-refractivity contribution in [2.45, 2.75) is 73.8 Å². The van der Waals surface area contributed by atoms with Crippen molar-refractivity contribution in [1.29, 1.82) is 0 Å². The molecule has 4 unspecified atom stereocenters. The summed E-state index contributed by atoms with van der Waals surface area (Å²) < 4.78 is 35.7. The Balaban J connectivity index is 1.13. The number of aliphatic hydroxyl groups excluding tert-OH is 3. The summed E-state index contributed by atoms with van der Waals surface area (Å²) in [4.78, 5) is 25.4. The van der Waals surface area contributed by atoms with Crippen LogP contribution < -0.4 is 0 Å². The van der Waals surface area contributed by atoms with E-state index in [9.17, 15) is 30.0 Å². The van der Waals surface area contributed by atoms with Crippen molar-refractivity contribution in [3.8, 4) is 0 Å². The van der Waals surface area contributed by atoms with Crippen LogP contribution in [-0.2, 0) is 28.4 Å². The molecule has 2 aromatic carbocycles. The Morgan fingerprint density at radius 1 is 0.881 bits per heavy atom. The number of aliphatic hydroxyl groups is 4. The molecule has 0 amide bonds. The van der Waals surface area contributed by atoms with E-state index in [1.807, 2.05) is 0 Å². The van der Waals surface area contributed by atoms with Crippen LogP contribution in [0.2, 0.25) is 0 Å². The van der Waals surface area contributed by atoms with Gasteiger partial charge in [0, 0.05) is 12.3 Å². The van der Waals surface area contributed by atoms with Crippen molar-refractivity contribution in [3.05, 3.63) is 71.8 Å². The van der Waals surface area contributed by atoms with E-state index in [4.69, 9.17) is 28.4 Å². The lowest BCUT2D eigenvalue weighted by molar-refractivity contribution is -0.424. The number of ether oxygens (including phenoxy) is 6. The minimum absolute atomic E-state index is 0.0572. The molecule has 3 aliphatic carbocycles. The maximum absolute atomic E-state index is 12.9. The first-order valence-electron chi connectivity index (χ1n) is 13.9. The second-order valence-electron chi connectivity index (χ2n) is 12.0. The summed E-state index contributed by atoms with van der Waals surface area (Å²) in [6.45, 7) is 1.12. The predicted octanol–water partition coefficient (Wildman–Crippen LogP) is 0.507. The Hall–Kier alpha value is -2.94. The summed E-state index contributed by atoms with van der Waals surface area (Å²) in [5, 5.41) is 43.6. The first-order valence-corrected chi connectivity index (χ1v) is 13.9. The highest BCUT2D eigenvalue weighted by Gasteiger charge is 2.94. The minimum Gasteiger partial charge on any atom is -0.461 e. The van der Waals surface area contributed by atoms with E-state index in [0.29, 0.717) is 11.1 Å². The molecule has 224 valence electrons. The van der Waals surface area contributed by atoms with Gasteiger partial charge in [0.1, 0.15) is 48.8 Å². The number of rotatable bonds is 8. The number of esters is 2. The van der Waals surface area contributed by atoms with Gasteiger partial charge in [0.2, 0.25) is 0 Å². The SMILES string of the molecule is C[C@@]12C[C@@]3(O)OC(O1)C1(COC(=O)c4ccccc4)[C@H]3C[C@@]12O[C@@H]1OC(COC(=O)c2ccccc2)[C@@H](O)[C@H](O)C1O. The fraction of sp³-hybridized carbons (Fsp3) is 0.533. The third kappa shape index (κ3) is 3.70. The van der Waals surface area contributed by atoms with Gasteiger partial charge in [-0.05, 0) is 37.6 Å². The minimum atomic E-state index is -1.69. The molecule has 4 heterocycles. The lowest BCUT2D eigenvalue weighted by Crippen LogP contribution is -2.80. The molecule has 0 aromatic heterocycles. The van der Waals surface area contributed by atoms with E-state index < -0.39 is 83.9 Å². The van der Waals surface area contributed by atoms with Gasteiger partial charge in [0.15, 0.2) is 18.4 Å². The van der Waals surface area contributed by atoms with Crippen molar-refractivity contribution < 1.29 is 58.4 Å². The number of hydrogen-bond acceptors (Lipinski definition) is 12. The van der Waals surface area contributed by atoms with E-state index in [2.05, 4.69) is 0 Å². The molecule has 12 heteroatoms. The van der Waals surface area contributed by atoms with Gasteiger partial charge in [0.05, 0.1) is 16.5 Å². The third-order valence-corrected chi connectivity index (χ3v) is 9.78. The van der Waals surface area contributed by atoms with E-state index >= 15 is 0 Å². The smallest absolute Gasteiger partial charge is 0.338 e. The second kappa shape index (κ2) is 9.53. The fourth-order valence-corrected chi connectivity index (χ4v) is 7.68.